The number of hydrogen-bond acceptors (Lipinski definition) is 1. The Hall–Kier alpha value is -0.680. The molecule has 3 rings (SSSR count). The maximum atomic E-state index is 13.7. The van der Waals surface area contributed by atoms with Crippen LogP contribution in [0.25, 0.3) is 11.0 Å². The van der Waals surface area contributed by atoms with Gasteiger partial charge in [0.25, 0.3) is 0 Å². The first-order valence-electron chi connectivity index (χ1n) is 7.21. The summed E-state index contributed by atoms with van der Waals surface area (Å²) >= 11 is 8.77. The molecule has 1 heterocycles. The molecule has 1 saturated carbocycles. The van der Waals surface area contributed by atoms with Crippen molar-refractivity contribution >= 4 is 39.2 Å². The minimum Gasteiger partial charge on any atom is -0.330 e. The van der Waals surface area contributed by atoms with E-state index in [0.717, 1.165) is 17.5 Å². The van der Waals surface area contributed by atoms with E-state index in [1.807, 2.05) is 6.07 Å². The largest absolute Gasteiger partial charge is 0.330 e. The molecular formula is C15H18BrFN2S. The second-order valence-corrected chi connectivity index (χ2v) is 6.84. The Labute approximate surface area is 131 Å². The molecule has 1 aromatic carbocycles. The van der Waals surface area contributed by atoms with Gasteiger partial charge in [-0.15, -0.1) is 0 Å². The summed E-state index contributed by atoms with van der Waals surface area (Å²) < 4.78 is 17.1. The molecule has 2 atom stereocenters. The fraction of sp³-hybridized carbons (Fsp3) is 0.533. The van der Waals surface area contributed by atoms with E-state index in [2.05, 4.69) is 32.4 Å². The Morgan fingerprint density at radius 1 is 1.40 bits per heavy atom. The first-order chi connectivity index (χ1) is 9.61. The van der Waals surface area contributed by atoms with E-state index in [4.69, 9.17) is 12.2 Å². The van der Waals surface area contributed by atoms with Crippen molar-refractivity contribution in [3.63, 3.8) is 0 Å². The Balaban J connectivity index is 2.17. The fourth-order valence-electron chi connectivity index (χ4n) is 3.45. The molecule has 1 fully saturated rings. The summed E-state index contributed by atoms with van der Waals surface area (Å²) in [4.78, 5) is 3.15. The third kappa shape index (κ3) is 2.35. The highest BCUT2D eigenvalue weighted by Gasteiger charge is 2.27. The van der Waals surface area contributed by atoms with E-state index in [-0.39, 0.29) is 5.82 Å². The minimum atomic E-state index is -0.253. The van der Waals surface area contributed by atoms with Gasteiger partial charge >= 0.3 is 0 Å². The molecule has 1 aromatic heterocycles. The van der Waals surface area contributed by atoms with Crippen molar-refractivity contribution in [2.75, 3.05) is 0 Å². The predicted octanol–water partition coefficient (Wildman–Crippen LogP) is 5.74. The van der Waals surface area contributed by atoms with Gasteiger partial charge in [-0.1, -0.05) is 26.2 Å². The van der Waals surface area contributed by atoms with Crippen molar-refractivity contribution in [2.45, 2.75) is 45.1 Å². The average Bonchev–Trinajstić information content (AvgIpc) is 2.74. The molecule has 1 aliphatic carbocycles. The number of hydrogen-bond donors (Lipinski definition) is 1. The van der Waals surface area contributed by atoms with Crippen molar-refractivity contribution in [3.05, 3.63) is 27.2 Å². The van der Waals surface area contributed by atoms with Crippen LogP contribution >= 0.6 is 28.1 Å². The number of aromatic amines is 1. The first kappa shape index (κ1) is 14.3. The number of fused-ring (bicyclic) bond motifs is 1. The zero-order chi connectivity index (χ0) is 14.3. The molecule has 5 heteroatoms. The number of H-pyrrole nitrogens is 1. The molecule has 20 heavy (non-hydrogen) atoms. The van der Waals surface area contributed by atoms with Gasteiger partial charge in [-0.05, 0) is 53.0 Å². The predicted molar refractivity (Wildman–Crippen MR) is 86.1 cm³/mol. The third-order valence-electron chi connectivity index (χ3n) is 4.48. The van der Waals surface area contributed by atoms with E-state index < -0.39 is 0 Å². The normalized spacial score (nSPS) is 23.4. The lowest BCUT2D eigenvalue weighted by atomic mass is 9.82. The third-order valence-corrected chi connectivity index (χ3v) is 5.39. The number of rotatable bonds is 2. The summed E-state index contributed by atoms with van der Waals surface area (Å²) in [6.45, 7) is 2.25. The van der Waals surface area contributed by atoms with Gasteiger partial charge in [-0.3, -0.25) is 0 Å². The molecule has 0 saturated heterocycles. The lowest BCUT2D eigenvalue weighted by Crippen LogP contribution is -2.22. The summed E-state index contributed by atoms with van der Waals surface area (Å²) in [5.74, 6) is 0.412. The Bertz CT molecular complexity index is 691. The Morgan fingerprint density at radius 3 is 2.90 bits per heavy atom. The molecule has 1 N–H and O–H groups in total. The highest BCUT2D eigenvalue weighted by Crippen LogP contribution is 2.38. The average molecular weight is 357 g/mol. The quantitative estimate of drug-likeness (QED) is 0.680. The first-order valence-corrected chi connectivity index (χ1v) is 8.41. The van der Waals surface area contributed by atoms with E-state index in [1.165, 1.54) is 31.7 Å². The second-order valence-electron chi connectivity index (χ2n) is 5.60. The molecule has 0 bridgehead atoms. The van der Waals surface area contributed by atoms with Gasteiger partial charge < -0.3 is 9.55 Å². The number of nitrogens with one attached hydrogen (secondary N) is 1. The van der Waals surface area contributed by atoms with Crippen LogP contribution in [0.3, 0.4) is 0 Å². The van der Waals surface area contributed by atoms with Crippen molar-refractivity contribution in [1.82, 2.24) is 9.55 Å². The zero-order valence-electron chi connectivity index (χ0n) is 11.5. The van der Waals surface area contributed by atoms with Gasteiger partial charge in [0.2, 0.25) is 0 Å². The number of halogens is 2. The van der Waals surface area contributed by atoms with Gasteiger partial charge in [0.15, 0.2) is 4.77 Å². The van der Waals surface area contributed by atoms with Crippen molar-refractivity contribution in [2.24, 2.45) is 5.92 Å². The van der Waals surface area contributed by atoms with Gasteiger partial charge in [-0.2, -0.15) is 0 Å². The Kier molecular flexibility index (Phi) is 4.00. The molecule has 1 aliphatic rings. The van der Waals surface area contributed by atoms with Gasteiger partial charge in [-0.25, -0.2) is 4.39 Å². The molecular weight excluding hydrogens is 339 g/mol. The number of nitrogens with zero attached hydrogens (tertiary/aromatic N) is 1. The Morgan fingerprint density at radius 2 is 2.15 bits per heavy atom. The highest BCUT2D eigenvalue weighted by molar-refractivity contribution is 9.10. The van der Waals surface area contributed by atoms with Gasteiger partial charge in [0.1, 0.15) is 5.82 Å². The molecule has 0 radical (unpaired) electrons. The second kappa shape index (κ2) is 5.60. The lowest BCUT2D eigenvalue weighted by molar-refractivity contribution is 0.235. The van der Waals surface area contributed by atoms with E-state index in [0.29, 0.717) is 21.2 Å². The topological polar surface area (TPSA) is 20.7 Å². The SMILES string of the molecule is CCC1CCCCC1n1c(=S)[nH]c2cc(F)c(Br)cc21. The maximum absolute atomic E-state index is 13.7. The van der Waals surface area contributed by atoms with Crippen LogP contribution < -0.4 is 0 Å². The minimum absolute atomic E-state index is 0.253. The van der Waals surface area contributed by atoms with Crippen LogP contribution in [-0.2, 0) is 0 Å². The van der Waals surface area contributed by atoms with Crippen LogP contribution in [0.2, 0.25) is 0 Å². The molecule has 2 unspecified atom stereocenters. The van der Waals surface area contributed by atoms with Crippen LogP contribution in [0, 0.1) is 16.5 Å². The van der Waals surface area contributed by atoms with Gasteiger partial charge in [0, 0.05) is 12.1 Å². The van der Waals surface area contributed by atoms with Crippen molar-refractivity contribution < 1.29 is 4.39 Å². The van der Waals surface area contributed by atoms with Gasteiger partial charge in [0.05, 0.1) is 15.5 Å². The van der Waals surface area contributed by atoms with Crippen LogP contribution in [0.15, 0.2) is 16.6 Å². The molecule has 2 nitrogen and oxygen atoms in total. The van der Waals surface area contributed by atoms with Crippen LogP contribution in [0.5, 0.6) is 0 Å². The lowest BCUT2D eigenvalue weighted by Gasteiger charge is -2.32. The van der Waals surface area contributed by atoms with Crippen LogP contribution in [0.4, 0.5) is 4.39 Å². The number of imidazole rings is 1. The van der Waals surface area contributed by atoms with E-state index in [9.17, 15) is 4.39 Å². The highest BCUT2D eigenvalue weighted by atomic mass is 79.9. The molecule has 0 aliphatic heterocycles. The van der Waals surface area contributed by atoms with Crippen LogP contribution in [-0.4, -0.2) is 9.55 Å². The summed E-state index contributed by atoms with van der Waals surface area (Å²) in [6.07, 6.45) is 6.15. The summed E-state index contributed by atoms with van der Waals surface area (Å²) in [5, 5.41) is 0. The summed E-state index contributed by atoms with van der Waals surface area (Å²) in [5.41, 5.74) is 1.80. The summed E-state index contributed by atoms with van der Waals surface area (Å²) in [6, 6.07) is 3.81. The van der Waals surface area contributed by atoms with E-state index in [1.54, 1.807) is 0 Å². The smallest absolute Gasteiger partial charge is 0.178 e. The molecule has 0 spiro atoms. The molecule has 108 valence electrons. The number of benzene rings is 1. The van der Waals surface area contributed by atoms with Crippen molar-refractivity contribution in [1.29, 1.82) is 0 Å². The molecule has 0 amide bonds. The summed E-state index contributed by atoms with van der Waals surface area (Å²) in [7, 11) is 0. The molecule has 2 aromatic rings. The fourth-order valence-corrected chi connectivity index (χ4v) is 4.13. The van der Waals surface area contributed by atoms with Crippen molar-refractivity contribution in [3.8, 4) is 0 Å². The zero-order valence-corrected chi connectivity index (χ0v) is 13.9. The standard InChI is InChI=1S/C15H18BrFN2S/c1-2-9-5-3-4-6-13(9)19-14-7-10(16)11(17)8-12(14)18-15(19)20/h7-9,13H,2-6H2,1H3,(H,18,20). The van der Waals surface area contributed by atoms with E-state index >= 15 is 0 Å². The monoisotopic (exact) mass is 356 g/mol. The number of aromatic nitrogens is 2. The maximum Gasteiger partial charge on any atom is 0.178 e. The van der Waals surface area contributed by atoms with Crippen LogP contribution in [0.1, 0.15) is 45.1 Å².